The van der Waals surface area contributed by atoms with Crippen LogP contribution in [0, 0.1) is 0 Å². The molecule has 0 bridgehead atoms. The molecule has 0 fully saturated rings. The maximum Gasteiger partial charge on any atom is 0.338 e. The molecule has 138 valence electrons. The molecule has 1 atom stereocenters. The van der Waals surface area contributed by atoms with E-state index in [9.17, 15) is 14.4 Å². The summed E-state index contributed by atoms with van der Waals surface area (Å²) < 4.78 is 10.4. The summed E-state index contributed by atoms with van der Waals surface area (Å²) in [6, 6.07) is 4.58. The van der Waals surface area contributed by atoms with Gasteiger partial charge in [0.05, 0.1) is 29.5 Å². The van der Waals surface area contributed by atoms with Gasteiger partial charge in [-0.1, -0.05) is 6.07 Å². The van der Waals surface area contributed by atoms with Gasteiger partial charge in [0.2, 0.25) is 0 Å². The Bertz CT molecular complexity index is 784. The van der Waals surface area contributed by atoms with Gasteiger partial charge in [-0.05, 0) is 56.4 Å². The second-order valence-corrected chi connectivity index (χ2v) is 6.35. The van der Waals surface area contributed by atoms with Gasteiger partial charge in [0, 0.05) is 0 Å². The van der Waals surface area contributed by atoms with E-state index in [1.165, 1.54) is 11.1 Å². The van der Waals surface area contributed by atoms with Crippen LogP contribution in [-0.4, -0.2) is 37.2 Å². The zero-order valence-electron chi connectivity index (χ0n) is 14.9. The fourth-order valence-corrected chi connectivity index (χ4v) is 3.31. The highest BCUT2D eigenvalue weighted by Crippen LogP contribution is 2.23. The number of esters is 2. The molecule has 3 rings (SSSR count). The molecule has 2 N–H and O–H groups in total. The smallest absolute Gasteiger partial charge is 0.338 e. The highest BCUT2D eigenvalue weighted by Gasteiger charge is 2.30. The summed E-state index contributed by atoms with van der Waals surface area (Å²) >= 11 is 0. The van der Waals surface area contributed by atoms with Crippen molar-refractivity contribution in [1.29, 1.82) is 0 Å². The summed E-state index contributed by atoms with van der Waals surface area (Å²) in [7, 11) is 0. The quantitative estimate of drug-likeness (QED) is 0.784. The van der Waals surface area contributed by atoms with Gasteiger partial charge in [0.25, 0.3) is 0 Å². The van der Waals surface area contributed by atoms with E-state index >= 15 is 0 Å². The summed E-state index contributed by atoms with van der Waals surface area (Å²) in [5.41, 5.74) is 3.42. The van der Waals surface area contributed by atoms with E-state index in [4.69, 9.17) is 9.47 Å². The molecule has 26 heavy (non-hydrogen) atoms. The van der Waals surface area contributed by atoms with Gasteiger partial charge < -0.3 is 20.1 Å². The number of ether oxygens (including phenoxy) is 2. The van der Waals surface area contributed by atoms with Gasteiger partial charge in [-0.25, -0.2) is 14.4 Å². The summed E-state index contributed by atoms with van der Waals surface area (Å²) in [6.07, 6.45) is 3.10. The first-order valence-corrected chi connectivity index (χ1v) is 8.76. The third-order valence-corrected chi connectivity index (χ3v) is 4.55. The van der Waals surface area contributed by atoms with Crippen LogP contribution in [0.25, 0.3) is 0 Å². The molecule has 7 nitrogen and oxygen atoms in total. The predicted octanol–water partition coefficient (Wildman–Crippen LogP) is 1.85. The fourth-order valence-electron chi connectivity index (χ4n) is 3.31. The van der Waals surface area contributed by atoms with Gasteiger partial charge in [-0.3, -0.25) is 0 Å². The van der Waals surface area contributed by atoms with Gasteiger partial charge in [0.15, 0.2) is 0 Å². The Hall–Kier alpha value is -2.83. The maximum absolute atomic E-state index is 12.4. The molecule has 0 saturated heterocycles. The molecule has 2 amide bonds. The van der Waals surface area contributed by atoms with Crippen molar-refractivity contribution in [2.24, 2.45) is 0 Å². The van der Waals surface area contributed by atoms with Crippen molar-refractivity contribution in [1.82, 2.24) is 10.6 Å². The van der Waals surface area contributed by atoms with Crippen molar-refractivity contribution in [2.75, 3.05) is 13.2 Å². The highest BCUT2D eigenvalue weighted by atomic mass is 16.5. The Morgan fingerprint density at radius 1 is 1.15 bits per heavy atom. The molecule has 0 radical (unpaired) electrons. The first-order valence-electron chi connectivity index (χ1n) is 8.76. The number of hydrogen-bond acceptors (Lipinski definition) is 5. The van der Waals surface area contributed by atoms with Gasteiger partial charge in [-0.2, -0.15) is 0 Å². The monoisotopic (exact) mass is 358 g/mol. The maximum atomic E-state index is 12.4. The zero-order valence-corrected chi connectivity index (χ0v) is 14.9. The van der Waals surface area contributed by atoms with E-state index in [2.05, 4.69) is 10.6 Å². The molecule has 7 heteroatoms. The molecule has 1 heterocycles. The number of hydrogen-bond donors (Lipinski definition) is 2. The zero-order chi connectivity index (χ0) is 18.7. The fraction of sp³-hybridized carbons (Fsp3) is 0.421. The molecule has 0 saturated carbocycles. The molecule has 1 aliphatic heterocycles. The number of benzene rings is 1. The first-order chi connectivity index (χ1) is 12.5. The topological polar surface area (TPSA) is 93.7 Å². The van der Waals surface area contributed by atoms with E-state index in [1.807, 2.05) is 12.1 Å². The minimum atomic E-state index is -0.545. The van der Waals surface area contributed by atoms with Crippen LogP contribution in [-0.2, 0) is 27.1 Å². The molecule has 1 aromatic carbocycles. The SMILES string of the molecule is CCOC(=O)C1=C(COC(=O)c2ccc3c(c2)CCC3)NC(=O)NC1C. The van der Waals surface area contributed by atoms with Crippen LogP contribution >= 0.6 is 0 Å². The highest BCUT2D eigenvalue weighted by molar-refractivity contribution is 5.95. The number of urea groups is 1. The molecular weight excluding hydrogens is 336 g/mol. The Balaban J connectivity index is 1.74. The summed E-state index contributed by atoms with van der Waals surface area (Å²) in [4.78, 5) is 36.2. The van der Waals surface area contributed by atoms with Crippen molar-refractivity contribution < 1.29 is 23.9 Å². The molecule has 1 aromatic rings. The van der Waals surface area contributed by atoms with Crippen LogP contribution < -0.4 is 10.6 Å². The molecule has 0 aromatic heterocycles. The molecular formula is C19H22N2O5. The predicted molar refractivity (Wildman–Crippen MR) is 93.5 cm³/mol. The van der Waals surface area contributed by atoms with Crippen LogP contribution in [0.5, 0.6) is 0 Å². The molecule has 1 aliphatic carbocycles. The summed E-state index contributed by atoms with van der Waals surface area (Å²) in [5.74, 6) is -1.04. The number of carbonyl (C=O) groups is 3. The third-order valence-electron chi connectivity index (χ3n) is 4.55. The Morgan fingerprint density at radius 3 is 2.69 bits per heavy atom. The molecule has 2 aliphatic rings. The Kier molecular flexibility index (Phi) is 5.25. The van der Waals surface area contributed by atoms with Gasteiger partial charge in [-0.15, -0.1) is 0 Å². The number of aryl methyl sites for hydroxylation is 2. The van der Waals surface area contributed by atoms with E-state index in [0.717, 1.165) is 19.3 Å². The summed E-state index contributed by atoms with van der Waals surface area (Å²) in [5, 5.41) is 5.13. The average molecular weight is 358 g/mol. The van der Waals surface area contributed by atoms with E-state index in [-0.39, 0.29) is 24.5 Å². The number of carbonyl (C=O) groups excluding carboxylic acids is 3. The molecule has 0 spiro atoms. The Morgan fingerprint density at radius 2 is 1.92 bits per heavy atom. The minimum Gasteiger partial charge on any atom is -0.463 e. The lowest BCUT2D eigenvalue weighted by atomic mass is 10.0. The van der Waals surface area contributed by atoms with Crippen LogP contribution in [0.1, 0.15) is 41.8 Å². The number of amides is 2. The Labute approximate surface area is 151 Å². The summed E-state index contributed by atoms with van der Waals surface area (Å²) in [6.45, 7) is 3.38. The van der Waals surface area contributed by atoms with Crippen molar-refractivity contribution in [3.8, 4) is 0 Å². The third kappa shape index (κ3) is 3.71. The number of rotatable bonds is 5. The van der Waals surface area contributed by atoms with Gasteiger partial charge in [0.1, 0.15) is 6.61 Å². The molecule has 1 unspecified atom stereocenters. The van der Waals surface area contributed by atoms with Gasteiger partial charge >= 0.3 is 18.0 Å². The van der Waals surface area contributed by atoms with Crippen molar-refractivity contribution in [2.45, 2.75) is 39.2 Å². The normalized spacial score (nSPS) is 18.7. The van der Waals surface area contributed by atoms with Crippen molar-refractivity contribution in [3.63, 3.8) is 0 Å². The van der Waals surface area contributed by atoms with Crippen LogP contribution in [0.4, 0.5) is 4.79 Å². The lowest BCUT2D eigenvalue weighted by Crippen LogP contribution is -2.50. The van der Waals surface area contributed by atoms with Crippen molar-refractivity contribution in [3.05, 3.63) is 46.2 Å². The number of fused-ring (bicyclic) bond motifs is 1. The largest absolute Gasteiger partial charge is 0.463 e. The first kappa shape index (κ1) is 18.0. The number of nitrogens with one attached hydrogen (secondary N) is 2. The standard InChI is InChI=1S/C19H22N2O5/c1-3-25-18(23)16-11(2)20-19(24)21-15(16)10-26-17(22)14-8-7-12-5-4-6-13(12)9-14/h7-9,11H,3-6,10H2,1-2H3,(H2,20,21,24). The van der Waals surface area contributed by atoms with E-state index in [1.54, 1.807) is 19.9 Å². The van der Waals surface area contributed by atoms with Crippen LogP contribution in [0.15, 0.2) is 29.5 Å². The lowest BCUT2D eigenvalue weighted by Gasteiger charge is -2.26. The van der Waals surface area contributed by atoms with Crippen LogP contribution in [0.2, 0.25) is 0 Å². The van der Waals surface area contributed by atoms with Crippen LogP contribution in [0.3, 0.4) is 0 Å². The van der Waals surface area contributed by atoms with E-state index in [0.29, 0.717) is 5.56 Å². The second kappa shape index (κ2) is 7.59. The van der Waals surface area contributed by atoms with Crippen molar-refractivity contribution >= 4 is 18.0 Å². The average Bonchev–Trinajstić information content (AvgIpc) is 3.06. The lowest BCUT2D eigenvalue weighted by molar-refractivity contribution is -0.139. The second-order valence-electron chi connectivity index (χ2n) is 6.35. The minimum absolute atomic E-state index is 0.207. The van der Waals surface area contributed by atoms with E-state index < -0.39 is 24.0 Å².